The van der Waals surface area contributed by atoms with Gasteiger partial charge in [0.25, 0.3) is 0 Å². The van der Waals surface area contributed by atoms with Crippen LogP contribution in [0.2, 0.25) is 0 Å². The summed E-state index contributed by atoms with van der Waals surface area (Å²) in [6.07, 6.45) is 2.81. The van der Waals surface area contributed by atoms with E-state index in [9.17, 15) is 0 Å². The van der Waals surface area contributed by atoms with Crippen molar-refractivity contribution in [2.45, 2.75) is 38.4 Å². The van der Waals surface area contributed by atoms with Crippen LogP contribution in [0.15, 0.2) is 0 Å². The standard InChI is InChI=1S/C10H18O2/c1-7-8(2)10(6-12-10)5-4-9(7)11-3/h7-9H,4-6H2,1-3H3. The van der Waals surface area contributed by atoms with Crippen LogP contribution in [-0.2, 0) is 9.47 Å². The molecule has 0 aromatic carbocycles. The molecule has 1 saturated heterocycles. The first-order chi connectivity index (χ1) is 5.69. The summed E-state index contributed by atoms with van der Waals surface area (Å²) < 4.78 is 11.0. The number of hydrogen-bond donors (Lipinski definition) is 0. The molecular formula is C10H18O2. The van der Waals surface area contributed by atoms with E-state index in [1.807, 2.05) is 7.11 Å². The number of ether oxygens (including phenoxy) is 2. The number of hydrogen-bond acceptors (Lipinski definition) is 2. The van der Waals surface area contributed by atoms with E-state index in [2.05, 4.69) is 13.8 Å². The maximum Gasteiger partial charge on any atom is 0.0946 e. The van der Waals surface area contributed by atoms with E-state index in [0.29, 0.717) is 17.9 Å². The third-order valence-electron chi connectivity index (χ3n) is 3.87. The normalized spacial score (nSPS) is 52.8. The molecule has 2 nitrogen and oxygen atoms in total. The maximum atomic E-state index is 5.56. The van der Waals surface area contributed by atoms with Crippen molar-refractivity contribution in [3.63, 3.8) is 0 Å². The van der Waals surface area contributed by atoms with Crippen LogP contribution in [0.1, 0.15) is 26.7 Å². The Morgan fingerprint density at radius 2 is 2.08 bits per heavy atom. The zero-order valence-corrected chi connectivity index (χ0v) is 8.17. The van der Waals surface area contributed by atoms with Crippen LogP contribution in [0, 0.1) is 11.8 Å². The topological polar surface area (TPSA) is 21.8 Å². The van der Waals surface area contributed by atoms with E-state index in [0.717, 1.165) is 6.61 Å². The molecule has 70 valence electrons. The van der Waals surface area contributed by atoms with Crippen molar-refractivity contribution < 1.29 is 9.47 Å². The third kappa shape index (κ3) is 1.09. The van der Waals surface area contributed by atoms with Crippen molar-refractivity contribution >= 4 is 0 Å². The maximum absolute atomic E-state index is 5.56. The predicted molar refractivity (Wildman–Crippen MR) is 47.0 cm³/mol. The van der Waals surface area contributed by atoms with Crippen molar-refractivity contribution in [1.29, 1.82) is 0 Å². The highest BCUT2D eigenvalue weighted by Gasteiger charge is 2.54. The van der Waals surface area contributed by atoms with Crippen molar-refractivity contribution in [1.82, 2.24) is 0 Å². The molecular weight excluding hydrogens is 152 g/mol. The molecule has 1 saturated carbocycles. The molecule has 4 unspecified atom stereocenters. The Morgan fingerprint density at radius 1 is 1.42 bits per heavy atom. The van der Waals surface area contributed by atoms with Gasteiger partial charge >= 0.3 is 0 Å². The molecule has 0 bridgehead atoms. The van der Waals surface area contributed by atoms with Crippen molar-refractivity contribution in [2.75, 3.05) is 13.7 Å². The average molecular weight is 170 g/mol. The molecule has 2 aliphatic rings. The minimum Gasteiger partial charge on any atom is -0.381 e. The summed E-state index contributed by atoms with van der Waals surface area (Å²) in [6, 6.07) is 0. The molecule has 0 aromatic heterocycles. The van der Waals surface area contributed by atoms with E-state index < -0.39 is 0 Å². The Bertz CT molecular complexity index is 175. The van der Waals surface area contributed by atoms with Crippen LogP contribution in [0.25, 0.3) is 0 Å². The molecule has 2 rings (SSSR count). The smallest absolute Gasteiger partial charge is 0.0946 e. The van der Waals surface area contributed by atoms with Gasteiger partial charge in [-0.3, -0.25) is 0 Å². The highest BCUT2D eigenvalue weighted by atomic mass is 16.6. The van der Waals surface area contributed by atoms with Crippen molar-refractivity contribution in [2.24, 2.45) is 11.8 Å². The molecule has 0 N–H and O–H groups in total. The fourth-order valence-corrected chi connectivity index (χ4v) is 2.51. The first kappa shape index (κ1) is 8.52. The van der Waals surface area contributed by atoms with E-state index in [4.69, 9.17) is 9.47 Å². The summed E-state index contributed by atoms with van der Waals surface area (Å²) in [5, 5.41) is 0. The van der Waals surface area contributed by atoms with Gasteiger partial charge in [0.2, 0.25) is 0 Å². The summed E-state index contributed by atoms with van der Waals surface area (Å²) in [6.45, 7) is 5.55. The lowest BCUT2D eigenvalue weighted by atomic mass is 9.72. The van der Waals surface area contributed by atoms with Gasteiger partial charge in [0, 0.05) is 7.11 Å². The molecule has 1 spiro atoms. The van der Waals surface area contributed by atoms with Crippen LogP contribution in [0.4, 0.5) is 0 Å². The lowest BCUT2D eigenvalue weighted by Crippen LogP contribution is -2.41. The summed E-state index contributed by atoms with van der Waals surface area (Å²) in [4.78, 5) is 0. The van der Waals surface area contributed by atoms with Gasteiger partial charge in [0.15, 0.2) is 0 Å². The van der Waals surface area contributed by atoms with Crippen molar-refractivity contribution in [3.05, 3.63) is 0 Å². The predicted octanol–water partition coefficient (Wildman–Crippen LogP) is 1.84. The van der Waals surface area contributed by atoms with Gasteiger partial charge in [-0.05, 0) is 24.7 Å². The first-order valence-corrected chi connectivity index (χ1v) is 4.86. The van der Waals surface area contributed by atoms with Gasteiger partial charge in [0.05, 0.1) is 18.3 Å². The van der Waals surface area contributed by atoms with E-state index in [-0.39, 0.29) is 5.60 Å². The quantitative estimate of drug-likeness (QED) is 0.560. The Hall–Kier alpha value is -0.0800. The van der Waals surface area contributed by atoms with Gasteiger partial charge in [-0.1, -0.05) is 13.8 Å². The number of epoxide rings is 1. The summed E-state index contributed by atoms with van der Waals surface area (Å²) in [5.41, 5.74) is 0.258. The fraction of sp³-hybridized carbons (Fsp3) is 1.00. The van der Waals surface area contributed by atoms with Gasteiger partial charge < -0.3 is 9.47 Å². The Balaban J connectivity index is 2.05. The molecule has 1 aliphatic heterocycles. The van der Waals surface area contributed by atoms with Crippen LogP contribution in [0.3, 0.4) is 0 Å². The van der Waals surface area contributed by atoms with Crippen LogP contribution in [-0.4, -0.2) is 25.4 Å². The molecule has 2 fully saturated rings. The van der Waals surface area contributed by atoms with Gasteiger partial charge in [-0.2, -0.15) is 0 Å². The monoisotopic (exact) mass is 170 g/mol. The second-order valence-electron chi connectivity index (χ2n) is 4.31. The zero-order chi connectivity index (χ0) is 8.77. The summed E-state index contributed by atoms with van der Waals surface area (Å²) >= 11 is 0. The molecule has 2 heteroatoms. The molecule has 0 aromatic rings. The SMILES string of the molecule is COC1CCC2(CO2)C(C)C1C. The van der Waals surface area contributed by atoms with Gasteiger partial charge in [-0.15, -0.1) is 0 Å². The second-order valence-corrected chi connectivity index (χ2v) is 4.31. The Labute approximate surface area is 74.2 Å². The second kappa shape index (κ2) is 2.71. The first-order valence-electron chi connectivity index (χ1n) is 4.86. The number of methoxy groups -OCH3 is 1. The number of rotatable bonds is 1. The summed E-state index contributed by atoms with van der Waals surface area (Å²) in [7, 11) is 1.82. The van der Waals surface area contributed by atoms with Gasteiger partial charge in [-0.25, -0.2) is 0 Å². The third-order valence-corrected chi connectivity index (χ3v) is 3.87. The molecule has 4 atom stereocenters. The van der Waals surface area contributed by atoms with Crippen LogP contribution < -0.4 is 0 Å². The van der Waals surface area contributed by atoms with Crippen molar-refractivity contribution in [3.8, 4) is 0 Å². The summed E-state index contributed by atoms with van der Waals surface area (Å²) in [5.74, 6) is 1.31. The molecule has 1 aliphatic carbocycles. The fourth-order valence-electron chi connectivity index (χ4n) is 2.51. The molecule has 12 heavy (non-hydrogen) atoms. The van der Waals surface area contributed by atoms with E-state index in [1.165, 1.54) is 12.8 Å². The van der Waals surface area contributed by atoms with E-state index in [1.54, 1.807) is 0 Å². The Morgan fingerprint density at radius 3 is 2.58 bits per heavy atom. The minimum atomic E-state index is 0.258. The van der Waals surface area contributed by atoms with Crippen LogP contribution in [0.5, 0.6) is 0 Å². The average Bonchev–Trinajstić information content (AvgIpc) is 2.83. The molecule has 0 amide bonds. The minimum absolute atomic E-state index is 0.258. The lowest BCUT2D eigenvalue weighted by Gasteiger charge is -2.37. The highest BCUT2D eigenvalue weighted by molar-refractivity contribution is 5.03. The van der Waals surface area contributed by atoms with E-state index >= 15 is 0 Å². The van der Waals surface area contributed by atoms with Gasteiger partial charge in [0.1, 0.15) is 0 Å². The zero-order valence-electron chi connectivity index (χ0n) is 8.17. The molecule has 1 heterocycles. The highest BCUT2D eigenvalue weighted by Crippen LogP contribution is 2.48. The molecule has 0 radical (unpaired) electrons. The lowest BCUT2D eigenvalue weighted by molar-refractivity contribution is -0.0248. The Kier molecular flexibility index (Phi) is 1.92. The van der Waals surface area contributed by atoms with Crippen LogP contribution >= 0.6 is 0 Å². The largest absolute Gasteiger partial charge is 0.381 e.